The van der Waals surface area contributed by atoms with Crippen LogP contribution in [0.5, 0.6) is 0 Å². The topological polar surface area (TPSA) is 41.6 Å². The normalized spacial score (nSPS) is 33.8. The molecule has 2 rings (SSSR count). The Balaban J connectivity index is 1.99. The molecule has 0 aromatic heterocycles. The van der Waals surface area contributed by atoms with Crippen LogP contribution in [0.4, 0.5) is 0 Å². The van der Waals surface area contributed by atoms with Gasteiger partial charge in [-0.3, -0.25) is 4.79 Å². The third-order valence-electron chi connectivity index (χ3n) is 4.77. The molecule has 4 nitrogen and oxygen atoms in total. The second-order valence-corrected chi connectivity index (χ2v) is 5.47. The number of nitrogens with zero attached hydrogens (tertiary/aromatic N) is 1. The Kier molecular flexibility index (Phi) is 3.73. The van der Waals surface area contributed by atoms with Gasteiger partial charge >= 0.3 is 5.97 Å². The highest BCUT2D eigenvalue weighted by atomic mass is 16.5. The van der Waals surface area contributed by atoms with Gasteiger partial charge in [0.25, 0.3) is 0 Å². The zero-order valence-corrected chi connectivity index (χ0v) is 11.2. The number of rotatable bonds is 4. The number of methoxy groups -OCH3 is 1. The van der Waals surface area contributed by atoms with Crippen LogP contribution in [-0.4, -0.2) is 49.7 Å². The van der Waals surface area contributed by atoms with Crippen LogP contribution >= 0.6 is 0 Å². The Morgan fingerprint density at radius 3 is 2.53 bits per heavy atom. The lowest BCUT2D eigenvalue weighted by Gasteiger charge is -2.39. The van der Waals surface area contributed by atoms with Gasteiger partial charge in [-0.1, -0.05) is 6.42 Å². The molecule has 0 spiro atoms. The van der Waals surface area contributed by atoms with Gasteiger partial charge in [0.15, 0.2) is 0 Å². The quantitative estimate of drug-likeness (QED) is 0.749. The minimum atomic E-state index is -0.447. The third kappa shape index (κ3) is 2.20. The van der Waals surface area contributed by atoms with E-state index in [4.69, 9.17) is 4.74 Å². The molecule has 0 heterocycles. The van der Waals surface area contributed by atoms with E-state index in [1.54, 1.807) is 0 Å². The van der Waals surface area contributed by atoms with Crippen LogP contribution in [0.15, 0.2) is 0 Å². The fraction of sp³-hybridized carbons (Fsp3) is 0.923. The van der Waals surface area contributed by atoms with E-state index in [1.165, 1.54) is 26.4 Å². The van der Waals surface area contributed by atoms with E-state index < -0.39 is 5.54 Å². The minimum Gasteiger partial charge on any atom is -0.468 e. The van der Waals surface area contributed by atoms with Crippen molar-refractivity contribution < 1.29 is 9.53 Å². The maximum absolute atomic E-state index is 11.9. The standard InChI is InChI=1S/C13H24N2O2/c1-14-13(12(16)17-3)8-7-11(9-13)15(2)10-5-4-6-10/h10-11,14H,4-9H2,1-3H3. The first-order chi connectivity index (χ1) is 8.13. The van der Waals surface area contributed by atoms with Gasteiger partial charge in [-0.05, 0) is 46.2 Å². The van der Waals surface area contributed by atoms with Gasteiger partial charge in [0.05, 0.1) is 7.11 Å². The summed E-state index contributed by atoms with van der Waals surface area (Å²) in [7, 11) is 5.55. The Hall–Kier alpha value is -0.610. The van der Waals surface area contributed by atoms with Crippen molar-refractivity contribution in [3.05, 3.63) is 0 Å². The summed E-state index contributed by atoms with van der Waals surface area (Å²) in [5.74, 6) is -0.107. The summed E-state index contributed by atoms with van der Waals surface area (Å²) >= 11 is 0. The summed E-state index contributed by atoms with van der Waals surface area (Å²) in [6.07, 6.45) is 6.84. The second-order valence-electron chi connectivity index (χ2n) is 5.47. The fourth-order valence-corrected chi connectivity index (χ4v) is 3.17. The molecule has 4 heteroatoms. The van der Waals surface area contributed by atoms with E-state index >= 15 is 0 Å². The summed E-state index contributed by atoms with van der Waals surface area (Å²) in [6, 6.07) is 1.26. The number of carbonyl (C=O) groups is 1. The zero-order chi connectivity index (χ0) is 12.5. The van der Waals surface area contributed by atoms with Crippen LogP contribution in [0.3, 0.4) is 0 Å². The Morgan fingerprint density at radius 1 is 1.35 bits per heavy atom. The highest BCUT2D eigenvalue weighted by Crippen LogP contribution is 2.36. The van der Waals surface area contributed by atoms with Gasteiger partial charge in [-0.25, -0.2) is 0 Å². The van der Waals surface area contributed by atoms with Crippen LogP contribution in [0, 0.1) is 0 Å². The van der Waals surface area contributed by atoms with Gasteiger partial charge in [0.1, 0.15) is 5.54 Å². The minimum absolute atomic E-state index is 0.107. The van der Waals surface area contributed by atoms with Crippen molar-refractivity contribution >= 4 is 5.97 Å². The van der Waals surface area contributed by atoms with Crippen molar-refractivity contribution in [3.63, 3.8) is 0 Å². The van der Waals surface area contributed by atoms with Crippen LogP contribution in [0.2, 0.25) is 0 Å². The first-order valence-corrected chi connectivity index (χ1v) is 6.62. The van der Waals surface area contributed by atoms with E-state index in [1.807, 2.05) is 7.05 Å². The van der Waals surface area contributed by atoms with Crippen molar-refractivity contribution in [2.45, 2.75) is 56.1 Å². The van der Waals surface area contributed by atoms with Crippen LogP contribution in [0.1, 0.15) is 38.5 Å². The van der Waals surface area contributed by atoms with Gasteiger partial charge in [0, 0.05) is 12.1 Å². The molecule has 2 atom stereocenters. The second kappa shape index (κ2) is 4.94. The first-order valence-electron chi connectivity index (χ1n) is 6.62. The highest BCUT2D eigenvalue weighted by molar-refractivity contribution is 5.81. The number of nitrogens with one attached hydrogen (secondary N) is 1. The van der Waals surface area contributed by atoms with Crippen LogP contribution in [0.25, 0.3) is 0 Å². The van der Waals surface area contributed by atoms with E-state index in [9.17, 15) is 4.79 Å². The molecule has 0 bridgehead atoms. The molecule has 0 aromatic carbocycles. The molecular formula is C13H24N2O2. The molecule has 2 aliphatic rings. The van der Waals surface area contributed by atoms with E-state index in [-0.39, 0.29) is 5.97 Å². The molecule has 0 saturated heterocycles. The zero-order valence-electron chi connectivity index (χ0n) is 11.2. The molecule has 2 unspecified atom stereocenters. The Morgan fingerprint density at radius 2 is 2.06 bits per heavy atom. The number of likely N-dealkylation sites (N-methyl/N-ethyl adjacent to an activating group) is 1. The van der Waals surface area contributed by atoms with Crippen molar-refractivity contribution in [2.75, 3.05) is 21.2 Å². The molecule has 98 valence electrons. The lowest BCUT2D eigenvalue weighted by Crippen LogP contribution is -2.51. The molecule has 0 radical (unpaired) electrons. The van der Waals surface area contributed by atoms with Gasteiger partial charge in [-0.15, -0.1) is 0 Å². The van der Waals surface area contributed by atoms with Crippen molar-refractivity contribution in [1.82, 2.24) is 10.2 Å². The molecule has 0 aliphatic heterocycles. The number of carbonyl (C=O) groups excluding carboxylic acids is 1. The maximum atomic E-state index is 11.9. The van der Waals surface area contributed by atoms with E-state index in [0.29, 0.717) is 6.04 Å². The van der Waals surface area contributed by atoms with Crippen molar-refractivity contribution in [3.8, 4) is 0 Å². The van der Waals surface area contributed by atoms with Crippen LogP contribution < -0.4 is 5.32 Å². The smallest absolute Gasteiger partial charge is 0.326 e. The summed E-state index contributed by atoms with van der Waals surface area (Å²) < 4.78 is 4.94. The number of ether oxygens (including phenoxy) is 1. The van der Waals surface area contributed by atoms with Crippen molar-refractivity contribution in [1.29, 1.82) is 0 Å². The Labute approximate surface area is 104 Å². The molecule has 17 heavy (non-hydrogen) atoms. The average Bonchev–Trinajstić information content (AvgIpc) is 2.71. The third-order valence-corrected chi connectivity index (χ3v) is 4.77. The van der Waals surface area contributed by atoms with Crippen molar-refractivity contribution in [2.24, 2.45) is 0 Å². The average molecular weight is 240 g/mol. The monoisotopic (exact) mass is 240 g/mol. The van der Waals surface area contributed by atoms with E-state index in [0.717, 1.165) is 25.3 Å². The molecule has 2 saturated carbocycles. The van der Waals surface area contributed by atoms with Crippen LogP contribution in [-0.2, 0) is 9.53 Å². The molecular weight excluding hydrogens is 216 g/mol. The molecule has 2 aliphatic carbocycles. The summed E-state index contributed by atoms with van der Waals surface area (Å²) in [5, 5.41) is 3.19. The SMILES string of the molecule is CNC1(C(=O)OC)CCC(N(C)C2CCC2)C1. The number of esters is 1. The van der Waals surface area contributed by atoms with Gasteiger partial charge < -0.3 is 15.0 Å². The van der Waals surface area contributed by atoms with E-state index in [2.05, 4.69) is 17.3 Å². The lowest BCUT2D eigenvalue weighted by atomic mass is 9.90. The fourth-order valence-electron chi connectivity index (χ4n) is 3.17. The predicted octanol–water partition coefficient (Wildman–Crippen LogP) is 1.15. The highest BCUT2D eigenvalue weighted by Gasteiger charge is 2.47. The Bertz CT molecular complexity index is 291. The molecule has 2 fully saturated rings. The van der Waals surface area contributed by atoms with Gasteiger partial charge in [0.2, 0.25) is 0 Å². The number of hydrogen-bond acceptors (Lipinski definition) is 4. The predicted molar refractivity (Wildman–Crippen MR) is 66.8 cm³/mol. The lowest BCUT2D eigenvalue weighted by molar-refractivity contribution is -0.148. The molecule has 1 N–H and O–H groups in total. The molecule has 0 amide bonds. The first kappa shape index (κ1) is 12.8. The largest absolute Gasteiger partial charge is 0.468 e. The maximum Gasteiger partial charge on any atom is 0.326 e. The molecule has 0 aromatic rings. The summed E-state index contributed by atoms with van der Waals surface area (Å²) in [4.78, 5) is 14.4. The summed E-state index contributed by atoms with van der Waals surface area (Å²) in [6.45, 7) is 0. The summed E-state index contributed by atoms with van der Waals surface area (Å²) in [5.41, 5.74) is -0.447. The van der Waals surface area contributed by atoms with Gasteiger partial charge in [-0.2, -0.15) is 0 Å². The number of hydrogen-bond donors (Lipinski definition) is 1.